The Balaban J connectivity index is 2.63. The summed E-state index contributed by atoms with van der Waals surface area (Å²) < 4.78 is 0. The molecule has 1 atom stereocenters. The van der Waals surface area contributed by atoms with Gasteiger partial charge in [0.1, 0.15) is 0 Å². The Morgan fingerprint density at radius 3 is 2.41 bits per heavy atom. The van der Waals surface area contributed by atoms with Crippen LogP contribution in [0.5, 0.6) is 0 Å². The van der Waals surface area contributed by atoms with Crippen molar-refractivity contribution in [3.05, 3.63) is 29.3 Å². The first-order chi connectivity index (χ1) is 8.20. The minimum absolute atomic E-state index is 0.0928. The summed E-state index contributed by atoms with van der Waals surface area (Å²) in [7, 11) is 0.0928. The van der Waals surface area contributed by atoms with Gasteiger partial charge in [-0.15, -0.1) is 0 Å². The lowest BCUT2D eigenvalue weighted by molar-refractivity contribution is 0.705. The molecule has 1 rings (SSSR count). The van der Waals surface area contributed by atoms with Crippen LogP contribution >= 0.6 is 7.92 Å². The summed E-state index contributed by atoms with van der Waals surface area (Å²) in [4.78, 5) is 0. The van der Waals surface area contributed by atoms with Crippen LogP contribution in [0, 0.1) is 13.8 Å². The largest absolute Gasteiger partial charge is 0.0753 e. The normalized spacial score (nSPS) is 12.7. The average Bonchev–Trinajstić information content (AvgIpc) is 2.34. The van der Waals surface area contributed by atoms with Crippen molar-refractivity contribution in [2.45, 2.75) is 53.4 Å². The molecule has 1 heteroatoms. The summed E-state index contributed by atoms with van der Waals surface area (Å²) in [5, 5.41) is 1.65. The minimum Gasteiger partial charge on any atom is -0.0753 e. The molecule has 0 saturated carbocycles. The maximum atomic E-state index is 2.36. The Kier molecular flexibility index (Phi) is 6.82. The highest BCUT2D eigenvalue weighted by Crippen LogP contribution is 2.36. The van der Waals surface area contributed by atoms with Crippen molar-refractivity contribution >= 4 is 13.2 Å². The van der Waals surface area contributed by atoms with Gasteiger partial charge in [-0.05, 0) is 49.0 Å². The zero-order chi connectivity index (χ0) is 12.7. The Hall–Kier alpha value is -0.350. The summed E-state index contributed by atoms with van der Waals surface area (Å²) in [6.07, 6.45) is 8.34. The first-order valence-corrected chi connectivity index (χ1v) is 8.73. The highest BCUT2D eigenvalue weighted by Gasteiger charge is 2.11. The standard InChI is InChI=1S/C16H27P/c1-5-7-8-9-13-17(6-2)16-12-10-11-14(3)15(16)4/h10-12H,5-9,13H2,1-4H3. The van der Waals surface area contributed by atoms with Gasteiger partial charge in [-0.1, -0.05) is 59.2 Å². The van der Waals surface area contributed by atoms with Crippen molar-refractivity contribution < 1.29 is 0 Å². The molecular formula is C16H27P. The number of aryl methyl sites for hydroxylation is 1. The van der Waals surface area contributed by atoms with Crippen LogP contribution in [0.3, 0.4) is 0 Å². The highest BCUT2D eigenvalue weighted by atomic mass is 31.1. The van der Waals surface area contributed by atoms with E-state index in [-0.39, 0.29) is 7.92 Å². The van der Waals surface area contributed by atoms with Gasteiger partial charge < -0.3 is 0 Å². The molecule has 0 heterocycles. The molecule has 1 aromatic rings. The van der Waals surface area contributed by atoms with Crippen molar-refractivity contribution in [1.29, 1.82) is 0 Å². The van der Waals surface area contributed by atoms with Crippen molar-refractivity contribution in [2.75, 3.05) is 12.3 Å². The molecule has 0 nitrogen and oxygen atoms in total. The number of hydrogen-bond acceptors (Lipinski definition) is 0. The monoisotopic (exact) mass is 250 g/mol. The number of unbranched alkanes of at least 4 members (excludes halogenated alkanes) is 3. The predicted molar refractivity (Wildman–Crippen MR) is 82.0 cm³/mol. The van der Waals surface area contributed by atoms with Crippen LogP contribution in [0.4, 0.5) is 0 Å². The number of benzene rings is 1. The summed E-state index contributed by atoms with van der Waals surface area (Å²) in [5.41, 5.74) is 2.99. The first-order valence-electron chi connectivity index (χ1n) is 7.01. The topological polar surface area (TPSA) is 0 Å². The maximum absolute atomic E-state index is 2.36. The fourth-order valence-corrected chi connectivity index (χ4v) is 4.71. The lowest BCUT2D eigenvalue weighted by Gasteiger charge is -2.19. The minimum atomic E-state index is 0.0928. The molecule has 1 aromatic carbocycles. The molecule has 96 valence electrons. The van der Waals surface area contributed by atoms with E-state index in [1.165, 1.54) is 49.1 Å². The molecule has 0 fully saturated rings. The molecule has 0 amide bonds. The summed E-state index contributed by atoms with van der Waals surface area (Å²) in [6.45, 7) is 9.17. The predicted octanol–water partition coefficient (Wildman–Crippen LogP) is 5.01. The van der Waals surface area contributed by atoms with E-state index in [0.29, 0.717) is 0 Å². The van der Waals surface area contributed by atoms with Crippen molar-refractivity contribution in [2.24, 2.45) is 0 Å². The molecule has 0 N–H and O–H groups in total. The molecule has 1 unspecified atom stereocenters. The van der Waals surface area contributed by atoms with Crippen LogP contribution in [-0.2, 0) is 0 Å². The van der Waals surface area contributed by atoms with E-state index in [9.17, 15) is 0 Å². The zero-order valence-electron chi connectivity index (χ0n) is 11.9. The molecule has 0 bridgehead atoms. The molecule has 0 saturated heterocycles. The molecule has 0 aliphatic heterocycles. The van der Waals surface area contributed by atoms with Gasteiger partial charge in [-0.2, -0.15) is 0 Å². The second-order valence-electron chi connectivity index (χ2n) is 4.86. The zero-order valence-corrected chi connectivity index (χ0v) is 12.8. The Bertz CT molecular complexity index is 330. The quantitative estimate of drug-likeness (QED) is 0.471. The van der Waals surface area contributed by atoms with Gasteiger partial charge in [-0.3, -0.25) is 0 Å². The number of hydrogen-bond donors (Lipinski definition) is 0. The fraction of sp³-hybridized carbons (Fsp3) is 0.625. The van der Waals surface area contributed by atoms with Crippen LogP contribution in [0.2, 0.25) is 0 Å². The van der Waals surface area contributed by atoms with E-state index in [1.807, 2.05) is 0 Å². The second-order valence-corrected chi connectivity index (χ2v) is 7.50. The Labute approximate surface area is 109 Å². The first kappa shape index (κ1) is 14.7. The second kappa shape index (κ2) is 7.88. The molecule has 0 aliphatic rings. The highest BCUT2D eigenvalue weighted by molar-refractivity contribution is 7.65. The van der Waals surface area contributed by atoms with Gasteiger partial charge in [0.2, 0.25) is 0 Å². The smallest absolute Gasteiger partial charge is 0.0209 e. The van der Waals surface area contributed by atoms with Crippen molar-refractivity contribution in [3.63, 3.8) is 0 Å². The van der Waals surface area contributed by atoms with E-state index in [4.69, 9.17) is 0 Å². The maximum Gasteiger partial charge on any atom is -0.0209 e. The molecule has 0 aliphatic carbocycles. The van der Waals surface area contributed by atoms with E-state index >= 15 is 0 Å². The Morgan fingerprint density at radius 2 is 1.76 bits per heavy atom. The van der Waals surface area contributed by atoms with Gasteiger partial charge in [0.15, 0.2) is 0 Å². The van der Waals surface area contributed by atoms with Gasteiger partial charge in [0.25, 0.3) is 0 Å². The van der Waals surface area contributed by atoms with Gasteiger partial charge in [0, 0.05) is 0 Å². The fourth-order valence-electron chi connectivity index (χ4n) is 2.26. The molecule has 0 spiro atoms. The molecule has 17 heavy (non-hydrogen) atoms. The van der Waals surface area contributed by atoms with Crippen molar-refractivity contribution in [1.82, 2.24) is 0 Å². The Morgan fingerprint density at radius 1 is 1.00 bits per heavy atom. The summed E-state index contributed by atoms with van der Waals surface area (Å²) >= 11 is 0. The van der Waals surface area contributed by atoms with E-state index in [2.05, 4.69) is 45.9 Å². The summed E-state index contributed by atoms with van der Waals surface area (Å²) in [6, 6.07) is 6.82. The lowest BCUT2D eigenvalue weighted by Crippen LogP contribution is -2.10. The van der Waals surface area contributed by atoms with Crippen LogP contribution in [0.1, 0.15) is 50.7 Å². The van der Waals surface area contributed by atoms with Crippen LogP contribution < -0.4 is 5.30 Å². The van der Waals surface area contributed by atoms with E-state index in [0.717, 1.165) is 0 Å². The van der Waals surface area contributed by atoms with Gasteiger partial charge in [-0.25, -0.2) is 0 Å². The van der Waals surface area contributed by atoms with Crippen LogP contribution in [0.25, 0.3) is 0 Å². The number of rotatable bonds is 7. The lowest BCUT2D eigenvalue weighted by atomic mass is 10.1. The van der Waals surface area contributed by atoms with Crippen LogP contribution in [0.15, 0.2) is 18.2 Å². The van der Waals surface area contributed by atoms with E-state index < -0.39 is 0 Å². The third-order valence-electron chi connectivity index (χ3n) is 3.58. The van der Waals surface area contributed by atoms with Crippen molar-refractivity contribution in [3.8, 4) is 0 Å². The van der Waals surface area contributed by atoms with E-state index in [1.54, 1.807) is 5.30 Å². The third kappa shape index (κ3) is 4.43. The third-order valence-corrected chi connectivity index (χ3v) is 6.37. The van der Waals surface area contributed by atoms with Crippen LogP contribution in [-0.4, -0.2) is 12.3 Å². The average molecular weight is 250 g/mol. The summed E-state index contributed by atoms with van der Waals surface area (Å²) in [5.74, 6) is 0. The van der Waals surface area contributed by atoms with Gasteiger partial charge in [0.05, 0.1) is 0 Å². The molecular weight excluding hydrogens is 223 g/mol. The molecule has 0 radical (unpaired) electrons. The van der Waals surface area contributed by atoms with Gasteiger partial charge >= 0.3 is 0 Å². The SMILES string of the molecule is CCCCCCP(CC)c1cccc(C)c1C. The molecule has 0 aromatic heterocycles.